The van der Waals surface area contributed by atoms with E-state index < -0.39 is 0 Å². The quantitative estimate of drug-likeness (QED) is 0.546. The highest BCUT2D eigenvalue weighted by atomic mass is 32.1. The Kier molecular flexibility index (Phi) is 4.45. The van der Waals surface area contributed by atoms with Gasteiger partial charge in [0.2, 0.25) is 0 Å². The number of carbonyl (C=O) groups is 1. The number of hydrogen-bond donors (Lipinski definition) is 0. The summed E-state index contributed by atoms with van der Waals surface area (Å²) in [4.78, 5) is 31.7. The van der Waals surface area contributed by atoms with E-state index in [2.05, 4.69) is 10.1 Å². The van der Waals surface area contributed by atoms with Crippen molar-refractivity contribution in [1.82, 2.24) is 19.7 Å². The largest absolute Gasteiger partial charge is 0.334 e. The number of hydrogen-bond acceptors (Lipinski definition) is 5. The molecule has 1 amide bonds. The van der Waals surface area contributed by atoms with Gasteiger partial charge < -0.3 is 4.90 Å². The second kappa shape index (κ2) is 6.92. The van der Waals surface area contributed by atoms with Gasteiger partial charge in [0.25, 0.3) is 11.5 Å². The molecular formula is C20H18N4O2S. The molecule has 0 bridgehead atoms. The number of benzene rings is 2. The van der Waals surface area contributed by atoms with E-state index in [1.807, 2.05) is 37.3 Å². The minimum absolute atomic E-state index is 0.182. The molecule has 0 N–H and O–H groups in total. The summed E-state index contributed by atoms with van der Waals surface area (Å²) in [5.74, 6) is -0.229. The molecule has 0 aliphatic heterocycles. The summed E-state index contributed by atoms with van der Waals surface area (Å²) >= 11 is 1.57. The lowest BCUT2D eigenvalue weighted by Gasteiger charge is -2.17. The lowest BCUT2D eigenvalue weighted by atomic mass is 10.1. The number of aryl methyl sites for hydroxylation is 1. The van der Waals surface area contributed by atoms with Crippen molar-refractivity contribution in [2.24, 2.45) is 0 Å². The van der Waals surface area contributed by atoms with Gasteiger partial charge in [-0.05, 0) is 25.1 Å². The number of nitrogens with zero attached hydrogens (tertiary/aromatic N) is 4. The Morgan fingerprint density at radius 3 is 2.56 bits per heavy atom. The molecule has 6 nitrogen and oxygen atoms in total. The number of para-hydroxylation sites is 1. The molecule has 0 saturated heterocycles. The third-order valence-electron chi connectivity index (χ3n) is 4.43. The lowest BCUT2D eigenvalue weighted by Crippen LogP contribution is -2.31. The number of fused-ring (bicyclic) bond motifs is 2. The lowest BCUT2D eigenvalue weighted by molar-refractivity contribution is 0.0778. The zero-order chi connectivity index (χ0) is 19.0. The molecule has 0 atom stereocenters. The van der Waals surface area contributed by atoms with Crippen LogP contribution in [0.25, 0.3) is 21.0 Å². The standard InChI is InChI=1S/C20H18N4O2S/c1-3-24-19(25)14-9-5-4-8-13(14)18(22-24)20(26)23(2)12-17-21-15-10-6-7-11-16(15)27-17/h4-11H,3,12H2,1-2H3. The van der Waals surface area contributed by atoms with E-state index in [0.717, 1.165) is 15.2 Å². The van der Waals surface area contributed by atoms with Gasteiger partial charge in [0.05, 0.1) is 22.1 Å². The minimum atomic E-state index is -0.229. The van der Waals surface area contributed by atoms with Crippen molar-refractivity contribution in [1.29, 1.82) is 0 Å². The molecule has 0 spiro atoms. The highest BCUT2D eigenvalue weighted by Crippen LogP contribution is 2.23. The normalized spacial score (nSPS) is 11.2. The second-order valence-corrected chi connectivity index (χ2v) is 7.37. The fourth-order valence-corrected chi connectivity index (χ4v) is 4.07. The maximum atomic E-state index is 13.1. The molecule has 4 aromatic rings. The number of rotatable bonds is 4. The van der Waals surface area contributed by atoms with Gasteiger partial charge in [-0.25, -0.2) is 9.67 Å². The molecule has 2 heterocycles. The van der Waals surface area contributed by atoms with E-state index in [1.54, 1.807) is 41.5 Å². The first-order chi connectivity index (χ1) is 13.1. The average Bonchev–Trinajstić information content (AvgIpc) is 3.10. The van der Waals surface area contributed by atoms with Crippen LogP contribution in [0.15, 0.2) is 53.3 Å². The van der Waals surface area contributed by atoms with Gasteiger partial charge in [-0.2, -0.15) is 5.10 Å². The van der Waals surface area contributed by atoms with Gasteiger partial charge in [-0.3, -0.25) is 9.59 Å². The smallest absolute Gasteiger partial charge is 0.275 e. The molecule has 2 aromatic carbocycles. The maximum Gasteiger partial charge on any atom is 0.275 e. The average molecular weight is 378 g/mol. The van der Waals surface area contributed by atoms with Crippen molar-refractivity contribution in [2.75, 3.05) is 7.05 Å². The molecule has 0 fully saturated rings. The highest BCUT2D eigenvalue weighted by molar-refractivity contribution is 7.18. The first-order valence-electron chi connectivity index (χ1n) is 8.68. The summed E-state index contributed by atoms with van der Waals surface area (Å²) in [6, 6.07) is 15.0. The molecule has 7 heteroatoms. The fourth-order valence-electron chi connectivity index (χ4n) is 3.05. The first-order valence-corrected chi connectivity index (χ1v) is 9.50. The van der Waals surface area contributed by atoms with E-state index in [1.165, 1.54) is 4.68 Å². The van der Waals surface area contributed by atoms with Gasteiger partial charge in [0, 0.05) is 19.0 Å². The van der Waals surface area contributed by atoms with E-state index in [9.17, 15) is 9.59 Å². The highest BCUT2D eigenvalue weighted by Gasteiger charge is 2.20. The van der Waals surface area contributed by atoms with Crippen LogP contribution in [0.1, 0.15) is 22.4 Å². The van der Waals surface area contributed by atoms with Gasteiger partial charge in [-0.1, -0.05) is 30.3 Å². The SMILES string of the molecule is CCn1nc(C(=O)N(C)Cc2nc3ccccc3s2)c2ccccc2c1=O. The Balaban J connectivity index is 1.71. The van der Waals surface area contributed by atoms with E-state index in [0.29, 0.717) is 23.9 Å². The van der Waals surface area contributed by atoms with Crippen LogP contribution in [0.2, 0.25) is 0 Å². The predicted molar refractivity (Wildman–Crippen MR) is 107 cm³/mol. The Morgan fingerprint density at radius 1 is 1.11 bits per heavy atom. The monoisotopic (exact) mass is 378 g/mol. The van der Waals surface area contributed by atoms with E-state index >= 15 is 0 Å². The van der Waals surface area contributed by atoms with Crippen molar-refractivity contribution in [2.45, 2.75) is 20.0 Å². The van der Waals surface area contributed by atoms with E-state index in [4.69, 9.17) is 0 Å². The van der Waals surface area contributed by atoms with Crippen LogP contribution in [0, 0.1) is 0 Å². The second-order valence-electron chi connectivity index (χ2n) is 6.25. The Morgan fingerprint density at radius 2 is 1.81 bits per heavy atom. The van der Waals surface area contributed by atoms with Gasteiger partial charge in [0.15, 0.2) is 5.69 Å². The van der Waals surface area contributed by atoms with Crippen LogP contribution in [0.3, 0.4) is 0 Å². The molecule has 4 rings (SSSR count). The summed E-state index contributed by atoms with van der Waals surface area (Å²) in [5.41, 5.74) is 1.04. The Bertz CT molecular complexity index is 1180. The number of amides is 1. The number of carbonyl (C=O) groups excluding carboxylic acids is 1. The molecule has 0 aliphatic rings. The molecule has 0 saturated carbocycles. The summed E-state index contributed by atoms with van der Waals surface area (Å²) in [7, 11) is 1.73. The zero-order valence-electron chi connectivity index (χ0n) is 15.0. The zero-order valence-corrected chi connectivity index (χ0v) is 15.9. The van der Waals surface area contributed by atoms with Gasteiger partial charge in [0.1, 0.15) is 5.01 Å². The summed E-state index contributed by atoms with van der Waals surface area (Å²) < 4.78 is 2.43. The van der Waals surface area contributed by atoms with Gasteiger partial charge in [-0.15, -0.1) is 11.3 Å². The number of aromatic nitrogens is 3. The molecule has 0 aliphatic carbocycles. The van der Waals surface area contributed by atoms with Crippen molar-refractivity contribution in [3.63, 3.8) is 0 Å². The van der Waals surface area contributed by atoms with Crippen LogP contribution >= 0.6 is 11.3 Å². The first kappa shape index (κ1) is 17.4. The van der Waals surface area contributed by atoms with Crippen molar-refractivity contribution in [3.05, 3.63) is 69.6 Å². The third-order valence-corrected chi connectivity index (χ3v) is 5.45. The molecule has 2 aromatic heterocycles. The summed E-state index contributed by atoms with van der Waals surface area (Å²) in [6.45, 7) is 2.63. The van der Waals surface area contributed by atoms with Crippen LogP contribution in [0.4, 0.5) is 0 Å². The van der Waals surface area contributed by atoms with E-state index in [-0.39, 0.29) is 17.2 Å². The van der Waals surface area contributed by atoms with Crippen LogP contribution < -0.4 is 5.56 Å². The predicted octanol–water partition coefficient (Wildman–Crippen LogP) is 3.30. The minimum Gasteiger partial charge on any atom is -0.334 e. The molecular weight excluding hydrogens is 360 g/mol. The maximum absolute atomic E-state index is 13.1. The van der Waals surface area contributed by atoms with Crippen LogP contribution in [0.5, 0.6) is 0 Å². The third kappa shape index (κ3) is 3.10. The van der Waals surface area contributed by atoms with Crippen molar-refractivity contribution < 1.29 is 4.79 Å². The molecule has 27 heavy (non-hydrogen) atoms. The van der Waals surface area contributed by atoms with Crippen molar-refractivity contribution >= 4 is 38.2 Å². The topological polar surface area (TPSA) is 68.1 Å². The summed E-state index contributed by atoms with van der Waals surface area (Å²) in [6.07, 6.45) is 0. The fraction of sp³-hybridized carbons (Fsp3) is 0.200. The summed E-state index contributed by atoms with van der Waals surface area (Å²) in [5, 5.41) is 6.26. The Labute approximate surface area is 159 Å². The van der Waals surface area contributed by atoms with Crippen molar-refractivity contribution in [3.8, 4) is 0 Å². The Hall–Kier alpha value is -3.06. The van der Waals surface area contributed by atoms with Crippen LogP contribution in [-0.4, -0.2) is 32.6 Å². The van der Waals surface area contributed by atoms with Crippen LogP contribution in [-0.2, 0) is 13.1 Å². The van der Waals surface area contributed by atoms with Gasteiger partial charge >= 0.3 is 0 Å². The molecule has 0 unspecified atom stereocenters. The number of thiazole rings is 1. The molecule has 0 radical (unpaired) electrons. The molecule has 136 valence electrons.